The minimum Gasteiger partial charge on any atom is -0.418 e. The molecule has 49 heavy (non-hydrogen) atoms. The molecule has 0 spiro atoms. The van der Waals surface area contributed by atoms with Crippen LogP contribution in [0.5, 0.6) is 0 Å². The van der Waals surface area contributed by atoms with Gasteiger partial charge >= 0.3 is 7.25 Å². The van der Waals surface area contributed by atoms with Crippen LogP contribution in [0, 0.1) is 0 Å². The number of halogens is 4. The maximum atomic E-state index is 9.75. The van der Waals surface area contributed by atoms with Gasteiger partial charge in [0.2, 0.25) is 5.69 Å². The third kappa shape index (κ3) is 8.07. The van der Waals surface area contributed by atoms with E-state index in [0.717, 1.165) is 30.0 Å². The molecule has 0 aliphatic carbocycles. The van der Waals surface area contributed by atoms with Crippen molar-refractivity contribution < 1.29 is 21.8 Å². The van der Waals surface area contributed by atoms with E-state index in [0.29, 0.717) is 0 Å². The normalized spacial score (nSPS) is 11.1. The molecule has 6 aromatic carbocycles. The minimum absolute atomic E-state index is 0.961. The standard InChI is InChI=1S/C42H35N2.BF4/c1-2-29-43-31-36-24-23-35(30-40(36)41(33-15-7-3-8-16-33)42(43)34-17-9-4-10-18-34)32-25-27-39(28-26-32)44(37-19-11-5-12-20-37)38-21-13-6-14-22-38;2-1(3,4)5/h3-28,30-31H,2,29H2,1H3;/q+1;-1. The number of anilines is 3. The molecule has 2 nitrogen and oxygen atoms in total. The summed E-state index contributed by atoms with van der Waals surface area (Å²) in [6, 6.07) is 58.7. The van der Waals surface area contributed by atoms with Gasteiger partial charge in [-0.1, -0.05) is 110 Å². The van der Waals surface area contributed by atoms with Crippen LogP contribution in [0.4, 0.5) is 34.3 Å². The Kier molecular flexibility index (Phi) is 10.2. The van der Waals surface area contributed by atoms with E-state index in [9.17, 15) is 17.3 Å². The molecule has 0 aliphatic rings. The Morgan fingerprint density at radius 2 is 0.959 bits per heavy atom. The SMILES string of the molecule is CCC[n+]1cc2ccc(-c3ccc(N(c4ccccc4)c4ccccc4)cc3)cc2c(-c2ccccc2)c1-c1ccccc1.F[B-](F)(F)F. The van der Waals surface area contributed by atoms with Crippen molar-refractivity contribution in [3.8, 4) is 33.5 Å². The molecule has 0 bridgehead atoms. The average Bonchev–Trinajstić information content (AvgIpc) is 3.12. The van der Waals surface area contributed by atoms with Gasteiger partial charge in [-0.3, -0.25) is 0 Å². The molecule has 0 amide bonds. The highest BCUT2D eigenvalue weighted by atomic mass is 19.5. The van der Waals surface area contributed by atoms with Crippen molar-refractivity contribution in [3.05, 3.63) is 170 Å². The maximum Gasteiger partial charge on any atom is 0.673 e. The van der Waals surface area contributed by atoms with Crippen molar-refractivity contribution >= 4 is 35.1 Å². The van der Waals surface area contributed by atoms with Gasteiger partial charge in [-0.05, 0) is 77.4 Å². The molecule has 0 aliphatic heterocycles. The molecule has 0 saturated carbocycles. The lowest BCUT2D eigenvalue weighted by molar-refractivity contribution is -0.684. The van der Waals surface area contributed by atoms with Crippen molar-refractivity contribution in [1.29, 1.82) is 0 Å². The first-order valence-electron chi connectivity index (χ1n) is 16.3. The molecule has 1 aromatic heterocycles. The van der Waals surface area contributed by atoms with Gasteiger partial charge in [0.25, 0.3) is 0 Å². The number of hydrogen-bond donors (Lipinski definition) is 0. The third-order valence-corrected chi connectivity index (χ3v) is 8.20. The molecule has 7 heteroatoms. The highest BCUT2D eigenvalue weighted by molar-refractivity contribution is 6.50. The summed E-state index contributed by atoms with van der Waals surface area (Å²) in [5, 5.41) is 2.51. The molecule has 244 valence electrons. The number of rotatable bonds is 8. The van der Waals surface area contributed by atoms with E-state index in [1.165, 1.54) is 44.3 Å². The molecule has 0 fully saturated rings. The predicted octanol–water partition coefficient (Wildman–Crippen LogP) is 12.3. The summed E-state index contributed by atoms with van der Waals surface area (Å²) in [4.78, 5) is 2.30. The third-order valence-electron chi connectivity index (χ3n) is 8.20. The van der Waals surface area contributed by atoms with Crippen molar-refractivity contribution in [2.45, 2.75) is 19.9 Å². The Bertz CT molecular complexity index is 2060. The van der Waals surface area contributed by atoms with Crippen LogP contribution in [0.3, 0.4) is 0 Å². The van der Waals surface area contributed by atoms with E-state index in [1.54, 1.807) is 0 Å². The van der Waals surface area contributed by atoms with Gasteiger partial charge in [0.05, 0.1) is 5.56 Å². The first kappa shape index (κ1) is 33.2. The van der Waals surface area contributed by atoms with E-state index in [2.05, 4.69) is 186 Å². The summed E-state index contributed by atoms with van der Waals surface area (Å²) in [5.74, 6) is 0. The summed E-state index contributed by atoms with van der Waals surface area (Å²) in [6.45, 7) is 3.21. The van der Waals surface area contributed by atoms with Gasteiger partial charge in [-0.15, -0.1) is 0 Å². The Morgan fingerprint density at radius 3 is 1.47 bits per heavy atom. The van der Waals surface area contributed by atoms with Crippen molar-refractivity contribution in [2.75, 3.05) is 4.90 Å². The van der Waals surface area contributed by atoms with Crippen LogP contribution in [0.1, 0.15) is 13.3 Å². The fraction of sp³-hybridized carbons (Fsp3) is 0.0714. The van der Waals surface area contributed by atoms with E-state index in [4.69, 9.17) is 0 Å². The monoisotopic (exact) mass is 654 g/mol. The lowest BCUT2D eigenvalue weighted by Crippen LogP contribution is -2.36. The van der Waals surface area contributed by atoms with Gasteiger partial charge in [0.1, 0.15) is 6.54 Å². The second-order valence-corrected chi connectivity index (χ2v) is 11.6. The smallest absolute Gasteiger partial charge is 0.418 e. The fourth-order valence-corrected chi connectivity index (χ4v) is 6.19. The summed E-state index contributed by atoms with van der Waals surface area (Å²) in [5.41, 5.74) is 10.8. The Balaban J connectivity index is 0.000000778. The number of para-hydroxylation sites is 2. The van der Waals surface area contributed by atoms with E-state index < -0.39 is 7.25 Å². The van der Waals surface area contributed by atoms with Crippen molar-refractivity contribution in [1.82, 2.24) is 0 Å². The molecule has 0 N–H and O–H groups in total. The highest BCUT2D eigenvalue weighted by Gasteiger charge is 2.24. The quantitative estimate of drug-likeness (QED) is 0.0899. The Morgan fingerprint density at radius 1 is 0.510 bits per heavy atom. The molecule has 1 heterocycles. The maximum absolute atomic E-state index is 9.75. The predicted molar refractivity (Wildman–Crippen MR) is 196 cm³/mol. The fourth-order valence-electron chi connectivity index (χ4n) is 6.19. The molecular formula is C42H35BF4N2. The second kappa shape index (κ2) is 15.0. The lowest BCUT2D eigenvalue weighted by Gasteiger charge is -2.25. The molecule has 7 aromatic rings. The summed E-state index contributed by atoms with van der Waals surface area (Å²) in [7, 11) is -6.00. The minimum atomic E-state index is -6.00. The van der Waals surface area contributed by atoms with E-state index in [-0.39, 0.29) is 0 Å². The van der Waals surface area contributed by atoms with Gasteiger partial charge in [0.15, 0.2) is 6.20 Å². The zero-order valence-corrected chi connectivity index (χ0v) is 27.1. The Labute approximate surface area is 284 Å². The Hall–Kier alpha value is -5.69. The number of hydrogen-bond acceptors (Lipinski definition) is 1. The zero-order chi connectivity index (χ0) is 34.2. The number of benzene rings is 6. The molecule has 0 radical (unpaired) electrons. The van der Waals surface area contributed by atoms with Crippen LogP contribution in [0.2, 0.25) is 0 Å². The van der Waals surface area contributed by atoms with Crippen LogP contribution in [0.15, 0.2) is 170 Å². The second-order valence-electron chi connectivity index (χ2n) is 11.6. The van der Waals surface area contributed by atoms with Crippen molar-refractivity contribution in [3.63, 3.8) is 0 Å². The number of pyridine rings is 1. The first-order valence-corrected chi connectivity index (χ1v) is 16.3. The largest absolute Gasteiger partial charge is 0.673 e. The molecule has 7 rings (SSSR count). The lowest BCUT2D eigenvalue weighted by atomic mass is 9.91. The summed E-state index contributed by atoms with van der Waals surface area (Å²) in [6.07, 6.45) is 3.40. The highest BCUT2D eigenvalue weighted by Crippen LogP contribution is 2.39. The summed E-state index contributed by atoms with van der Waals surface area (Å²) < 4.78 is 41.4. The number of fused-ring (bicyclic) bond motifs is 1. The molecule has 0 unspecified atom stereocenters. The van der Waals surface area contributed by atoms with Crippen molar-refractivity contribution in [2.24, 2.45) is 0 Å². The van der Waals surface area contributed by atoms with Gasteiger partial charge < -0.3 is 22.2 Å². The number of aromatic nitrogens is 1. The van der Waals surface area contributed by atoms with Gasteiger partial charge in [-0.2, -0.15) is 4.57 Å². The first-order chi connectivity index (χ1) is 23.8. The number of nitrogens with zero attached hydrogens (tertiary/aromatic N) is 2. The summed E-state index contributed by atoms with van der Waals surface area (Å²) >= 11 is 0. The van der Waals surface area contributed by atoms with E-state index >= 15 is 0 Å². The zero-order valence-electron chi connectivity index (χ0n) is 27.1. The molecule has 0 saturated heterocycles. The van der Waals surface area contributed by atoms with Crippen LogP contribution >= 0.6 is 0 Å². The average molecular weight is 655 g/mol. The number of aryl methyl sites for hydroxylation is 1. The van der Waals surface area contributed by atoms with Crippen LogP contribution in [0.25, 0.3) is 44.3 Å². The molecule has 0 atom stereocenters. The van der Waals surface area contributed by atoms with E-state index in [1.807, 2.05) is 0 Å². The topological polar surface area (TPSA) is 7.12 Å². The molecular weight excluding hydrogens is 619 g/mol. The van der Waals surface area contributed by atoms with Gasteiger partial charge in [0, 0.05) is 39.8 Å². The van der Waals surface area contributed by atoms with Crippen LogP contribution < -0.4 is 9.47 Å². The van der Waals surface area contributed by atoms with Crippen LogP contribution in [-0.2, 0) is 6.54 Å². The van der Waals surface area contributed by atoms with Gasteiger partial charge in [-0.25, -0.2) is 0 Å². The van der Waals surface area contributed by atoms with Crippen LogP contribution in [-0.4, -0.2) is 7.25 Å².